The molecule has 5 heteroatoms. The highest BCUT2D eigenvalue weighted by atomic mass is 16.5. The van der Waals surface area contributed by atoms with Crippen molar-refractivity contribution in [2.75, 3.05) is 26.3 Å². The summed E-state index contributed by atoms with van der Waals surface area (Å²) in [6.07, 6.45) is 0.214. The molecule has 0 rings (SSSR count). The van der Waals surface area contributed by atoms with E-state index in [2.05, 4.69) is 0 Å². The molecular weight excluding hydrogens is 210 g/mol. The molecular formula is C11H21NO4. The highest BCUT2D eigenvalue weighted by molar-refractivity contribution is 5.76. The van der Waals surface area contributed by atoms with Crippen molar-refractivity contribution in [1.82, 2.24) is 4.90 Å². The maximum atomic E-state index is 11.7. The molecule has 0 saturated heterocycles. The van der Waals surface area contributed by atoms with Crippen LogP contribution in [0.3, 0.4) is 0 Å². The molecule has 0 spiro atoms. The van der Waals surface area contributed by atoms with E-state index in [9.17, 15) is 9.59 Å². The number of aliphatic hydroxyl groups is 1. The van der Waals surface area contributed by atoms with Crippen molar-refractivity contribution < 1.29 is 19.4 Å². The standard InChI is InChI=1S/C11H21NO4/c1-4-12(5-2)11(15)6-10(7-13)8-16-9(3)14/h10,13H,4-8H2,1-3H3/t10-/m1/s1. The van der Waals surface area contributed by atoms with Crippen molar-refractivity contribution >= 4 is 11.9 Å². The lowest BCUT2D eigenvalue weighted by atomic mass is 10.1. The number of carbonyl (C=O) groups excluding carboxylic acids is 2. The number of ether oxygens (including phenoxy) is 1. The van der Waals surface area contributed by atoms with Crippen LogP contribution in [0.15, 0.2) is 0 Å². The molecule has 1 amide bonds. The summed E-state index contributed by atoms with van der Waals surface area (Å²) in [5.74, 6) is -0.720. The molecule has 0 bridgehead atoms. The van der Waals surface area contributed by atoms with Crippen LogP contribution in [0.25, 0.3) is 0 Å². The van der Waals surface area contributed by atoms with Gasteiger partial charge in [-0.25, -0.2) is 0 Å². The molecule has 0 aromatic rings. The van der Waals surface area contributed by atoms with Gasteiger partial charge in [0.1, 0.15) is 0 Å². The number of nitrogens with zero attached hydrogens (tertiary/aromatic N) is 1. The average Bonchev–Trinajstić information content (AvgIpc) is 2.25. The molecule has 1 N–H and O–H groups in total. The summed E-state index contributed by atoms with van der Waals surface area (Å²) in [4.78, 5) is 24.0. The minimum absolute atomic E-state index is 0.0174. The SMILES string of the molecule is CCN(CC)C(=O)C[C@H](CO)COC(C)=O. The summed E-state index contributed by atoms with van der Waals surface area (Å²) in [6.45, 7) is 6.37. The van der Waals surface area contributed by atoms with Gasteiger partial charge >= 0.3 is 5.97 Å². The zero-order valence-electron chi connectivity index (χ0n) is 10.2. The number of hydrogen-bond acceptors (Lipinski definition) is 4. The topological polar surface area (TPSA) is 66.8 Å². The molecule has 0 unspecified atom stereocenters. The molecule has 0 fully saturated rings. The van der Waals surface area contributed by atoms with E-state index < -0.39 is 5.97 Å². The van der Waals surface area contributed by atoms with Crippen molar-refractivity contribution in [2.45, 2.75) is 27.2 Å². The first-order valence-corrected chi connectivity index (χ1v) is 5.57. The minimum Gasteiger partial charge on any atom is -0.465 e. The zero-order valence-corrected chi connectivity index (χ0v) is 10.2. The highest BCUT2D eigenvalue weighted by Crippen LogP contribution is 2.06. The van der Waals surface area contributed by atoms with Gasteiger partial charge in [-0.15, -0.1) is 0 Å². The molecule has 0 aromatic carbocycles. The fourth-order valence-corrected chi connectivity index (χ4v) is 1.36. The summed E-state index contributed by atoms with van der Waals surface area (Å²) >= 11 is 0. The first kappa shape index (κ1) is 14.9. The Morgan fingerprint density at radius 2 is 1.88 bits per heavy atom. The summed E-state index contributed by atoms with van der Waals surface area (Å²) in [6, 6.07) is 0. The van der Waals surface area contributed by atoms with Crippen LogP contribution in [-0.2, 0) is 14.3 Å². The van der Waals surface area contributed by atoms with Crippen LogP contribution in [0.5, 0.6) is 0 Å². The van der Waals surface area contributed by atoms with Crippen molar-refractivity contribution in [3.8, 4) is 0 Å². The van der Waals surface area contributed by atoms with Crippen LogP contribution >= 0.6 is 0 Å². The van der Waals surface area contributed by atoms with Gasteiger partial charge in [0, 0.05) is 39.0 Å². The Morgan fingerprint density at radius 3 is 2.25 bits per heavy atom. The Labute approximate surface area is 96.4 Å². The van der Waals surface area contributed by atoms with E-state index in [1.807, 2.05) is 13.8 Å². The molecule has 94 valence electrons. The van der Waals surface area contributed by atoms with Gasteiger partial charge in [-0.1, -0.05) is 0 Å². The number of esters is 1. The van der Waals surface area contributed by atoms with Crippen molar-refractivity contribution in [2.24, 2.45) is 5.92 Å². The summed E-state index contributed by atoms with van der Waals surface area (Å²) in [5, 5.41) is 9.05. The monoisotopic (exact) mass is 231 g/mol. The quantitative estimate of drug-likeness (QED) is 0.645. The van der Waals surface area contributed by atoms with Crippen molar-refractivity contribution in [3.63, 3.8) is 0 Å². The van der Waals surface area contributed by atoms with Gasteiger partial charge in [-0.2, -0.15) is 0 Å². The normalized spacial score (nSPS) is 12.0. The molecule has 0 aliphatic carbocycles. The zero-order chi connectivity index (χ0) is 12.6. The van der Waals surface area contributed by atoms with Crippen LogP contribution in [0.2, 0.25) is 0 Å². The second kappa shape index (κ2) is 8.10. The minimum atomic E-state index is -0.395. The predicted octanol–water partition coefficient (Wildman–Crippen LogP) is 0.416. The van der Waals surface area contributed by atoms with Crippen LogP contribution in [0, 0.1) is 5.92 Å². The molecule has 0 aliphatic rings. The number of hydrogen-bond donors (Lipinski definition) is 1. The van der Waals surface area contributed by atoms with Gasteiger partial charge in [0.05, 0.1) is 6.61 Å². The Morgan fingerprint density at radius 1 is 1.31 bits per heavy atom. The van der Waals surface area contributed by atoms with Crippen LogP contribution in [0.1, 0.15) is 27.2 Å². The Hall–Kier alpha value is -1.10. The Bertz CT molecular complexity index is 226. The summed E-state index contributed by atoms with van der Waals surface area (Å²) < 4.78 is 4.77. The predicted molar refractivity (Wildman–Crippen MR) is 59.8 cm³/mol. The molecule has 0 saturated carbocycles. The van der Waals surface area contributed by atoms with Gasteiger partial charge < -0.3 is 14.7 Å². The third-order valence-electron chi connectivity index (χ3n) is 2.36. The van der Waals surface area contributed by atoms with Crippen LogP contribution < -0.4 is 0 Å². The molecule has 0 radical (unpaired) electrons. The van der Waals surface area contributed by atoms with Crippen molar-refractivity contribution in [1.29, 1.82) is 0 Å². The number of rotatable bonds is 7. The maximum absolute atomic E-state index is 11.7. The lowest BCUT2D eigenvalue weighted by Gasteiger charge is -2.21. The lowest BCUT2D eigenvalue weighted by Crippen LogP contribution is -2.33. The summed E-state index contributed by atoms with van der Waals surface area (Å²) in [5.41, 5.74) is 0. The van der Waals surface area contributed by atoms with E-state index in [4.69, 9.17) is 9.84 Å². The van der Waals surface area contributed by atoms with E-state index in [-0.39, 0.29) is 31.5 Å². The largest absolute Gasteiger partial charge is 0.465 e. The molecule has 1 atom stereocenters. The third-order valence-corrected chi connectivity index (χ3v) is 2.36. The maximum Gasteiger partial charge on any atom is 0.302 e. The van der Waals surface area contributed by atoms with Gasteiger partial charge in [-0.05, 0) is 13.8 Å². The first-order valence-electron chi connectivity index (χ1n) is 5.57. The Kier molecular flexibility index (Phi) is 7.54. The van der Waals surface area contributed by atoms with E-state index in [1.165, 1.54) is 6.92 Å². The summed E-state index contributed by atoms with van der Waals surface area (Å²) in [7, 11) is 0. The Balaban J connectivity index is 4.09. The van der Waals surface area contributed by atoms with Crippen LogP contribution in [-0.4, -0.2) is 48.2 Å². The van der Waals surface area contributed by atoms with Crippen LogP contribution in [0.4, 0.5) is 0 Å². The van der Waals surface area contributed by atoms with Gasteiger partial charge in [0.2, 0.25) is 5.91 Å². The van der Waals surface area contributed by atoms with E-state index >= 15 is 0 Å². The average molecular weight is 231 g/mol. The fourth-order valence-electron chi connectivity index (χ4n) is 1.36. The van der Waals surface area contributed by atoms with E-state index in [0.717, 1.165) is 0 Å². The number of aliphatic hydroxyl groups excluding tert-OH is 1. The smallest absolute Gasteiger partial charge is 0.302 e. The molecule has 0 aliphatic heterocycles. The van der Waals surface area contributed by atoms with Crippen molar-refractivity contribution in [3.05, 3.63) is 0 Å². The molecule has 0 aromatic heterocycles. The second-order valence-corrected chi connectivity index (χ2v) is 3.62. The first-order chi connectivity index (χ1) is 7.54. The molecule has 5 nitrogen and oxygen atoms in total. The fraction of sp³-hybridized carbons (Fsp3) is 0.818. The number of carbonyl (C=O) groups is 2. The second-order valence-electron chi connectivity index (χ2n) is 3.62. The lowest BCUT2D eigenvalue weighted by molar-refractivity contribution is -0.144. The van der Waals surface area contributed by atoms with Gasteiger partial charge in [-0.3, -0.25) is 9.59 Å². The highest BCUT2D eigenvalue weighted by Gasteiger charge is 2.17. The number of amides is 1. The third kappa shape index (κ3) is 5.70. The molecule has 0 heterocycles. The van der Waals surface area contributed by atoms with E-state index in [0.29, 0.717) is 13.1 Å². The van der Waals surface area contributed by atoms with Gasteiger partial charge in [0.25, 0.3) is 0 Å². The molecule has 16 heavy (non-hydrogen) atoms. The van der Waals surface area contributed by atoms with Gasteiger partial charge in [0.15, 0.2) is 0 Å². The van der Waals surface area contributed by atoms with E-state index in [1.54, 1.807) is 4.90 Å².